The molecular weight excluding hydrogens is 224 g/mol. The van der Waals surface area contributed by atoms with Crippen molar-refractivity contribution in [2.24, 2.45) is 0 Å². The van der Waals surface area contributed by atoms with Gasteiger partial charge in [0.15, 0.2) is 5.78 Å². The molecule has 0 unspecified atom stereocenters. The number of benzene rings is 1. The minimum absolute atomic E-state index is 0.101. The fraction of sp³-hybridized carbons (Fsp3) is 0.154. The van der Waals surface area contributed by atoms with Gasteiger partial charge in [0.25, 0.3) is 0 Å². The lowest BCUT2D eigenvalue weighted by atomic mass is 9.99. The molecule has 0 fully saturated rings. The number of furan rings is 1. The second-order valence-electron chi connectivity index (χ2n) is 3.76. The minimum Gasteiger partial charge on any atom is -0.452 e. The van der Waals surface area contributed by atoms with Gasteiger partial charge in [-0.3, -0.25) is 4.79 Å². The summed E-state index contributed by atoms with van der Waals surface area (Å²) in [5.74, 6) is -0.101. The fourth-order valence-electron chi connectivity index (χ4n) is 1.67. The molecule has 0 aliphatic rings. The predicted octanol–water partition coefficient (Wildman–Crippen LogP) is 3.78. The maximum Gasteiger partial charge on any atom is 0.204 e. The third-order valence-electron chi connectivity index (χ3n) is 2.49. The third-order valence-corrected chi connectivity index (χ3v) is 2.78. The number of hydrogen-bond donors (Lipinski definition) is 0. The van der Waals surface area contributed by atoms with Crippen LogP contribution in [0.1, 0.15) is 27.0 Å². The first-order chi connectivity index (χ1) is 7.59. The van der Waals surface area contributed by atoms with Crippen molar-refractivity contribution in [3.63, 3.8) is 0 Å². The Balaban J connectivity index is 2.46. The molecule has 0 saturated heterocycles. The van der Waals surface area contributed by atoms with E-state index >= 15 is 0 Å². The number of hydrogen-bond acceptors (Lipinski definition) is 2. The van der Waals surface area contributed by atoms with Gasteiger partial charge in [-0.15, -0.1) is 0 Å². The van der Waals surface area contributed by atoms with Crippen molar-refractivity contribution in [3.8, 4) is 0 Å². The number of halogens is 1. The molecule has 0 aliphatic carbocycles. The van der Waals surface area contributed by atoms with Crippen molar-refractivity contribution >= 4 is 17.4 Å². The molecule has 0 saturated carbocycles. The van der Waals surface area contributed by atoms with Crippen LogP contribution in [0.15, 0.2) is 34.9 Å². The highest BCUT2D eigenvalue weighted by atomic mass is 35.5. The molecule has 2 nitrogen and oxygen atoms in total. The first kappa shape index (κ1) is 11.0. The molecule has 82 valence electrons. The van der Waals surface area contributed by atoms with Gasteiger partial charge in [-0.2, -0.15) is 0 Å². The van der Waals surface area contributed by atoms with Gasteiger partial charge in [-0.1, -0.05) is 23.8 Å². The Morgan fingerprint density at radius 2 is 1.94 bits per heavy atom. The summed E-state index contributed by atoms with van der Waals surface area (Å²) in [6.45, 7) is 3.90. The molecule has 1 aromatic heterocycles. The fourth-order valence-corrected chi connectivity index (χ4v) is 1.87. The number of carbonyl (C=O) groups is 1. The molecule has 1 aromatic carbocycles. The maximum absolute atomic E-state index is 12.1. The summed E-state index contributed by atoms with van der Waals surface area (Å²) < 4.78 is 4.92. The Bertz CT molecular complexity index is 541. The largest absolute Gasteiger partial charge is 0.452 e. The van der Waals surface area contributed by atoms with E-state index in [-0.39, 0.29) is 11.0 Å². The Labute approximate surface area is 98.8 Å². The molecule has 16 heavy (non-hydrogen) atoms. The Kier molecular flexibility index (Phi) is 2.84. The van der Waals surface area contributed by atoms with E-state index in [1.807, 2.05) is 32.0 Å². The highest BCUT2D eigenvalue weighted by Gasteiger charge is 2.16. The molecular formula is C13H11ClO2. The zero-order chi connectivity index (χ0) is 11.7. The molecule has 0 amide bonds. The lowest BCUT2D eigenvalue weighted by molar-refractivity contribution is 0.103. The monoisotopic (exact) mass is 234 g/mol. The molecule has 0 atom stereocenters. The van der Waals surface area contributed by atoms with Crippen molar-refractivity contribution in [2.45, 2.75) is 13.8 Å². The quantitative estimate of drug-likeness (QED) is 0.741. The van der Waals surface area contributed by atoms with Crippen LogP contribution in [-0.4, -0.2) is 5.78 Å². The van der Waals surface area contributed by atoms with Crippen molar-refractivity contribution in [2.75, 3.05) is 0 Å². The maximum atomic E-state index is 12.1. The number of carbonyl (C=O) groups excluding carboxylic acids is 1. The van der Waals surface area contributed by atoms with Gasteiger partial charge in [-0.25, -0.2) is 0 Å². The van der Waals surface area contributed by atoms with Crippen LogP contribution in [-0.2, 0) is 0 Å². The first-order valence-electron chi connectivity index (χ1n) is 4.94. The van der Waals surface area contributed by atoms with Crippen LogP contribution in [0.3, 0.4) is 0 Å². The lowest BCUT2D eigenvalue weighted by Gasteiger charge is -2.04. The van der Waals surface area contributed by atoms with Crippen molar-refractivity contribution in [1.29, 1.82) is 0 Å². The van der Waals surface area contributed by atoms with E-state index in [0.29, 0.717) is 11.1 Å². The van der Waals surface area contributed by atoms with E-state index < -0.39 is 0 Å². The molecule has 0 radical (unpaired) electrons. The second-order valence-corrected chi connectivity index (χ2v) is 4.10. The van der Waals surface area contributed by atoms with E-state index in [2.05, 4.69) is 0 Å². The highest BCUT2D eigenvalue weighted by Crippen LogP contribution is 2.22. The summed E-state index contributed by atoms with van der Waals surface area (Å²) in [6, 6.07) is 7.29. The summed E-state index contributed by atoms with van der Waals surface area (Å²) in [6.07, 6.45) is 1.42. The smallest absolute Gasteiger partial charge is 0.204 e. The van der Waals surface area contributed by atoms with Crippen LogP contribution in [0.2, 0.25) is 5.22 Å². The second kappa shape index (κ2) is 4.14. The molecule has 1 heterocycles. The average Bonchev–Trinajstić information content (AvgIpc) is 2.63. The topological polar surface area (TPSA) is 30.2 Å². The van der Waals surface area contributed by atoms with Gasteiger partial charge in [0.05, 0.1) is 11.8 Å². The van der Waals surface area contributed by atoms with Gasteiger partial charge < -0.3 is 4.42 Å². The lowest BCUT2D eigenvalue weighted by Crippen LogP contribution is -2.03. The summed E-state index contributed by atoms with van der Waals surface area (Å²) >= 11 is 5.78. The molecule has 0 N–H and O–H groups in total. The number of ketones is 1. The van der Waals surface area contributed by atoms with Crippen molar-refractivity contribution in [3.05, 3.63) is 58.0 Å². The summed E-state index contributed by atoms with van der Waals surface area (Å²) in [5.41, 5.74) is 3.15. The zero-order valence-corrected chi connectivity index (χ0v) is 9.84. The molecule has 2 rings (SSSR count). The van der Waals surface area contributed by atoms with Gasteiger partial charge in [-0.05, 0) is 37.1 Å². The third kappa shape index (κ3) is 1.89. The van der Waals surface area contributed by atoms with E-state index in [1.165, 1.54) is 6.26 Å². The molecule has 2 aromatic rings. The summed E-state index contributed by atoms with van der Waals surface area (Å²) in [5, 5.41) is 0.143. The van der Waals surface area contributed by atoms with E-state index in [0.717, 1.165) is 11.1 Å². The Morgan fingerprint density at radius 3 is 2.50 bits per heavy atom. The van der Waals surface area contributed by atoms with Gasteiger partial charge in [0.1, 0.15) is 0 Å². The standard InChI is InChI=1S/C13H11ClO2/c1-8-3-4-10(9(2)7-8)12(15)11-5-6-16-13(11)14/h3-7H,1-2H3. The van der Waals surface area contributed by atoms with E-state index in [9.17, 15) is 4.79 Å². The molecule has 3 heteroatoms. The Hall–Kier alpha value is -1.54. The summed E-state index contributed by atoms with van der Waals surface area (Å²) in [4.78, 5) is 12.1. The van der Waals surface area contributed by atoms with Crippen LogP contribution < -0.4 is 0 Å². The van der Waals surface area contributed by atoms with Gasteiger partial charge in [0, 0.05) is 5.56 Å². The van der Waals surface area contributed by atoms with Crippen LogP contribution in [0.25, 0.3) is 0 Å². The normalized spacial score (nSPS) is 10.4. The zero-order valence-electron chi connectivity index (χ0n) is 9.08. The predicted molar refractivity (Wildman–Crippen MR) is 63.1 cm³/mol. The van der Waals surface area contributed by atoms with Crippen molar-refractivity contribution < 1.29 is 9.21 Å². The Morgan fingerprint density at radius 1 is 1.19 bits per heavy atom. The number of aryl methyl sites for hydroxylation is 2. The van der Waals surface area contributed by atoms with Crippen molar-refractivity contribution in [1.82, 2.24) is 0 Å². The minimum atomic E-state index is -0.101. The first-order valence-corrected chi connectivity index (χ1v) is 5.32. The van der Waals surface area contributed by atoms with Crippen LogP contribution >= 0.6 is 11.6 Å². The van der Waals surface area contributed by atoms with E-state index in [4.69, 9.17) is 16.0 Å². The SMILES string of the molecule is Cc1ccc(C(=O)c2ccoc2Cl)c(C)c1. The average molecular weight is 235 g/mol. The molecule has 0 spiro atoms. The van der Waals surface area contributed by atoms with Crippen LogP contribution in [0, 0.1) is 13.8 Å². The molecule has 0 bridgehead atoms. The number of rotatable bonds is 2. The van der Waals surface area contributed by atoms with Gasteiger partial charge >= 0.3 is 0 Å². The van der Waals surface area contributed by atoms with Crippen LogP contribution in [0.5, 0.6) is 0 Å². The summed E-state index contributed by atoms with van der Waals surface area (Å²) in [7, 11) is 0. The van der Waals surface area contributed by atoms with E-state index in [1.54, 1.807) is 6.07 Å². The van der Waals surface area contributed by atoms with Crippen LogP contribution in [0.4, 0.5) is 0 Å². The highest BCUT2D eigenvalue weighted by molar-refractivity contribution is 6.33. The molecule has 0 aliphatic heterocycles. The van der Waals surface area contributed by atoms with Gasteiger partial charge in [0.2, 0.25) is 5.22 Å².